The zero-order valence-electron chi connectivity index (χ0n) is 15.7. The summed E-state index contributed by atoms with van der Waals surface area (Å²) in [6, 6.07) is 10.2. The first-order valence-corrected chi connectivity index (χ1v) is 9.66. The summed E-state index contributed by atoms with van der Waals surface area (Å²) < 4.78 is 6.51. The molecule has 0 atom stereocenters. The first-order chi connectivity index (χ1) is 14.0. The van der Waals surface area contributed by atoms with Gasteiger partial charge in [-0.15, -0.1) is 16.9 Å². The highest BCUT2D eigenvalue weighted by atomic mass is 32.2. The number of hydrogen-bond acceptors (Lipinski definition) is 8. The average Bonchev–Trinajstić information content (AvgIpc) is 3.24. The molecule has 0 saturated heterocycles. The van der Waals surface area contributed by atoms with Crippen molar-refractivity contribution in [3.63, 3.8) is 0 Å². The van der Waals surface area contributed by atoms with E-state index in [0.29, 0.717) is 11.4 Å². The molecule has 10 nitrogen and oxygen atoms in total. The van der Waals surface area contributed by atoms with Crippen LogP contribution in [0.25, 0.3) is 5.69 Å². The minimum atomic E-state index is -0.487. The van der Waals surface area contributed by atoms with E-state index in [-0.39, 0.29) is 23.1 Å². The molecule has 0 aliphatic heterocycles. The quantitative estimate of drug-likeness (QED) is 0.441. The van der Waals surface area contributed by atoms with Gasteiger partial charge < -0.3 is 10.1 Å². The van der Waals surface area contributed by atoms with Crippen molar-refractivity contribution in [2.75, 3.05) is 18.2 Å². The van der Waals surface area contributed by atoms with Crippen molar-refractivity contribution in [2.24, 2.45) is 0 Å². The second kappa shape index (κ2) is 9.15. The summed E-state index contributed by atoms with van der Waals surface area (Å²) in [5.74, 6) is 0.694. The van der Waals surface area contributed by atoms with Gasteiger partial charge in [0.05, 0.1) is 23.5 Å². The van der Waals surface area contributed by atoms with Crippen LogP contribution in [0.1, 0.15) is 11.1 Å². The lowest BCUT2D eigenvalue weighted by atomic mass is 10.2. The van der Waals surface area contributed by atoms with Crippen LogP contribution < -0.4 is 10.1 Å². The van der Waals surface area contributed by atoms with Crippen LogP contribution in [0.4, 0.5) is 11.4 Å². The summed E-state index contributed by atoms with van der Waals surface area (Å²) >= 11 is 1.36. The first kappa shape index (κ1) is 20.3. The molecule has 0 fully saturated rings. The van der Waals surface area contributed by atoms with E-state index in [2.05, 4.69) is 20.8 Å². The number of thioether (sulfide) groups is 1. The van der Waals surface area contributed by atoms with Crippen molar-refractivity contribution in [1.29, 1.82) is 0 Å². The van der Waals surface area contributed by atoms with E-state index < -0.39 is 4.92 Å². The van der Waals surface area contributed by atoms with Gasteiger partial charge in [-0.2, -0.15) is 0 Å². The van der Waals surface area contributed by atoms with Crippen molar-refractivity contribution in [3.05, 3.63) is 64.0 Å². The smallest absolute Gasteiger partial charge is 0.311 e. The Morgan fingerprint density at radius 1 is 1.31 bits per heavy atom. The van der Waals surface area contributed by atoms with Crippen LogP contribution >= 0.6 is 11.8 Å². The predicted molar refractivity (Wildman–Crippen MR) is 108 cm³/mol. The number of ether oxygens (including phenoxy) is 1. The fourth-order valence-electron chi connectivity index (χ4n) is 2.63. The van der Waals surface area contributed by atoms with Crippen molar-refractivity contribution in [3.8, 4) is 11.4 Å². The van der Waals surface area contributed by atoms with Crippen LogP contribution in [0.3, 0.4) is 0 Å². The number of nitro groups is 1. The maximum Gasteiger partial charge on any atom is 0.311 e. The molecule has 1 amide bonds. The van der Waals surface area contributed by atoms with Crippen LogP contribution in [0.2, 0.25) is 0 Å². The number of aryl methyl sites for hydroxylation is 1. The molecule has 0 bridgehead atoms. The number of amides is 1. The van der Waals surface area contributed by atoms with Gasteiger partial charge in [0.15, 0.2) is 5.75 Å². The van der Waals surface area contributed by atoms with Crippen molar-refractivity contribution in [1.82, 2.24) is 20.2 Å². The minimum Gasteiger partial charge on any atom is -0.490 e. The molecule has 1 aromatic heterocycles. The Morgan fingerprint density at radius 2 is 2.14 bits per heavy atom. The van der Waals surface area contributed by atoms with E-state index in [9.17, 15) is 14.9 Å². The molecule has 0 aliphatic rings. The third-order valence-corrected chi connectivity index (χ3v) is 5.03. The number of benzene rings is 2. The lowest BCUT2D eigenvalue weighted by Gasteiger charge is -2.09. The zero-order chi connectivity index (χ0) is 20.8. The molecule has 0 aliphatic carbocycles. The van der Waals surface area contributed by atoms with Gasteiger partial charge in [-0.05, 0) is 46.7 Å². The second-order valence-corrected chi connectivity index (χ2v) is 7.05. The molecule has 3 aromatic rings. The Kier molecular flexibility index (Phi) is 6.39. The minimum absolute atomic E-state index is 0.0927. The third-order valence-electron chi connectivity index (χ3n) is 4.03. The second-order valence-electron chi connectivity index (χ2n) is 6.06. The standard InChI is InChI=1S/C18H18N6O4S/c1-12-3-5-14(8-15(12)23-11-19-21-22-23)20-18(25)10-29-9-13-4-6-17(28-2)16(7-13)24(26)27/h3-8,11H,9-10H2,1-2H3,(H,20,25). The van der Waals surface area contributed by atoms with E-state index in [0.717, 1.165) is 16.8 Å². The number of nitrogens with one attached hydrogen (secondary N) is 1. The molecule has 29 heavy (non-hydrogen) atoms. The van der Waals surface area contributed by atoms with Gasteiger partial charge in [0, 0.05) is 17.5 Å². The fraction of sp³-hybridized carbons (Fsp3) is 0.222. The predicted octanol–water partition coefficient (Wildman–Crippen LogP) is 2.76. The molecule has 0 spiro atoms. The molecule has 3 rings (SSSR count). The molecule has 0 radical (unpaired) electrons. The highest BCUT2D eigenvalue weighted by Crippen LogP contribution is 2.29. The summed E-state index contributed by atoms with van der Waals surface area (Å²) in [5.41, 5.74) is 3.01. The number of rotatable bonds is 8. The normalized spacial score (nSPS) is 10.6. The molecule has 1 N–H and O–H groups in total. The molecule has 11 heteroatoms. The van der Waals surface area contributed by atoms with Gasteiger partial charge in [0.2, 0.25) is 5.91 Å². The summed E-state index contributed by atoms with van der Waals surface area (Å²) in [6.45, 7) is 1.92. The monoisotopic (exact) mass is 414 g/mol. The fourth-order valence-corrected chi connectivity index (χ4v) is 3.41. The maximum atomic E-state index is 12.3. The average molecular weight is 414 g/mol. The zero-order valence-corrected chi connectivity index (χ0v) is 16.5. The van der Waals surface area contributed by atoms with Crippen molar-refractivity contribution in [2.45, 2.75) is 12.7 Å². The van der Waals surface area contributed by atoms with Gasteiger partial charge in [0.1, 0.15) is 6.33 Å². The SMILES string of the molecule is COc1ccc(CSCC(=O)Nc2ccc(C)c(-n3cnnn3)c2)cc1[N+](=O)[O-]. The number of carbonyl (C=O) groups is 1. The van der Waals surface area contributed by atoms with Crippen LogP contribution in [-0.4, -0.2) is 43.9 Å². The maximum absolute atomic E-state index is 12.3. The molecule has 150 valence electrons. The molecule has 2 aromatic carbocycles. The molecule has 0 unspecified atom stereocenters. The number of nitro benzene ring substituents is 1. The lowest BCUT2D eigenvalue weighted by Crippen LogP contribution is -2.14. The van der Waals surface area contributed by atoms with Gasteiger partial charge in [-0.25, -0.2) is 4.68 Å². The Labute approximate surface area is 170 Å². The highest BCUT2D eigenvalue weighted by Gasteiger charge is 2.15. The number of hydrogen-bond donors (Lipinski definition) is 1. The van der Waals surface area contributed by atoms with Gasteiger partial charge in [-0.1, -0.05) is 12.1 Å². The molecular weight excluding hydrogens is 396 g/mol. The topological polar surface area (TPSA) is 125 Å². The van der Waals surface area contributed by atoms with E-state index >= 15 is 0 Å². The Balaban J connectivity index is 1.58. The first-order valence-electron chi connectivity index (χ1n) is 8.51. The van der Waals surface area contributed by atoms with E-state index in [1.54, 1.807) is 24.3 Å². The molecular formula is C18H18N6O4S. The summed E-state index contributed by atoms with van der Waals surface area (Å²) in [4.78, 5) is 22.9. The lowest BCUT2D eigenvalue weighted by molar-refractivity contribution is -0.385. The Hall–Kier alpha value is -3.47. The van der Waals surface area contributed by atoms with Gasteiger partial charge in [-0.3, -0.25) is 14.9 Å². The van der Waals surface area contributed by atoms with Crippen LogP contribution in [0, 0.1) is 17.0 Å². The van der Waals surface area contributed by atoms with Crippen molar-refractivity contribution >= 4 is 29.0 Å². The number of tetrazole rings is 1. The van der Waals surface area contributed by atoms with Gasteiger partial charge in [0.25, 0.3) is 0 Å². The van der Waals surface area contributed by atoms with E-state index in [1.807, 2.05) is 13.0 Å². The molecule has 0 saturated carbocycles. The summed E-state index contributed by atoms with van der Waals surface area (Å²) in [5, 5.41) is 25.0. The number of aromatic nitrogens is 4. The number of methoxy groups -OCH3 is 1. The van der Waals surface area contributed by atoms with Crippen LogP contribution in [-0.2, 0) is 10.5 Å². The van der Waals surface area contributed by atoms with E-state index in [4.69, 9.17) is 4.74 Å². The molecule has 1 heterocycles. The van der Waals surface area contributed by atoms with Crippen molar-refractivity contribution < 1.29 is 14.5 Å². The number of nitrogens with zero attached hydrogens (tertiary/aromatic N) is 5. The number of anilines is 1. The Morgan fingerprint density at radius 3 is 2.83 bits per heavy atom. The summed E-state index contributed by atoms with van der Waals surface area (Å²) in [7, 11) is 1.39. The van der Waals surface area contributed by atoms with Crippen LogP contribution in [0.5, 0.6) is 5.75 Å². The largest absolute Gasteiger partial charge is 0.490 e. The van der Waals surface area contributed by atoms with E-state index in [1.165, 1.54) is 35.9 Å². The third kappa shape index (κ3) is 5.08. The summed E-state index contributed by atoms with van der Waals surface area (Å²) in [6.07, 6.45) is 1.48. The number of carbonyl (C=O) groups excluding carboxylic acids is 1. The highest BCUT2D eigenvalue weighted by molar-refractivity contribution is 7.99. The Bertz CT molecular complexity index is 1030. The van der Waals surface area contributed by atoms with Crippen LogP contribution in [0.15, 0.2) is 42.7 Å². The van der Waals surface area contributed by atoms with Gasteiger partial charge >= 0.3 is 5.69 Å².